The van der Waals surface area contributed by atoms with Gasteiger partial charge in [0.15, 0.2) is 0 Å². The van der Waals surface area contributed by atoms with Gasteiger partial charge in [0.1, 0.15) is 11.5 Å². The van der Waals surface area contributed by atoms with Crippen molar-refractivity contribution in [2.45, 2.75) is 6.18 Å². The molecule has 5 nitrogen and oxygen atoms in total. The minimum Gasteiger partial charge on any atom is -0.261 e. The molecule has 0 spiro atoms. The van der Waals surface area contributed by atoms with Gasteiger partial charge >= 0.3 is 6.18 Å². The number of benzene rings is 2. The van der Waals surface area contributed by atoms with Crippen LogP contribution >= 0.6 is 0 Å². The summed E-state index contributed by atoms with van der Waals surface area (Å²) in [5, 5.41) is 8.80. The van der Waals surface area contributed by atoms with E-state index in [1.165, 1.54) is 6.07 Å². The van der Waals surface area contributed by atoms with Gasteiger partial charge in [-0.3, -0.25) is 5.43 Å². The van der Waals surface area contributed by atoms with Crippen LogP contribution in [0.15, 0.2) is 90.3 Å². The predicted molar refractivity (Wildman–Crippen MR) is 109 cm³/mol. The molecular weight excluding hydrogens is 391 g/mol. The van der Waals surface area contributed by atoms with E-state index in [-0.39, 0.29) is 5.82 Å². The number of nitrogens with one attached hydrogen (secondary N) is 1. The lowest BCUT2D eigenvalue weighted by Gasteiger charge is -2.06. The third-order valence-electron chi connectivity index (χ3n) is 4.28. The zero-order valence-corrected chi connectivity index (χ0v) is 15.6. The van der Waals surface area contributed by atoms with Gasteiger partial charge in [-0.05, 0) is 24.3 Å². The van der Waals surface area contributed by atoms with Gasteiger partial charge in [0.2, 0.25) is 0 Å². The second kappa shape index (κ2) is 8.20. The fraction of sp³-hybridized carbons (Fsp3) is 0.0455. The quantitative estimate of drug-likeness (QED) is 0.356. The third kappa shape index (κ3) is 4.38. The van der Waals surface area contributed by atoms with E-state index in [0.717, 1.165) is 34.8 Å². The number of pyridine rings is 1. The summed E-state index contributed by atoms with van der Waals surface area (Å²) in [6.07, 6.45) is -0.261. The molecule has 0 saturated heterocycles. The molecule has 150 valence electrons. The number of hydrazone groups is 1. The molecule has 0 unspecified atom stereocenters. The largest absolute Gasteiger partial charge is 0.417 e. The van der Waals surface area contributed by atoms with E-state index in [1.807, 2.05) is 66.9 Å². The van der Waals surface area contributed by atoms with Crippen LogP contribution in [0.3, 0.4) is 0 Å². The highest BCUT2D eigenvalue weighted by Gasteiger charge is 2.30. The summed E-state index contributed by atoms with van der Waals surface area (Å²) in [7, 11) is 0. The van der Waals surface area contributed by atoms with Crippen molar-refractivity contribution in [3.05, 3.63) is 96.3 Å². The van der Waals surface area contributed by atoms with Crippen LogP contribution < -0.4 is 5.43 Å². The number of hydrogen-bond acceptors (Lipinski definition) is 4. The zero-order chi connectivity index (χ0) is 21.0. The number of halogens is 3. The smallest absolute Gasteiger partial charge is 0.261 e. The maximum absolute atomic E-state index is 12.6. The monoisotopic (exact) mass is 407 g/mol. The first-order valence-corrected chi connectivity index (χ1v) is 9.03. The average molecular weight is 407 g/mol. The molecular formula is C22H16F3N5. The van der Waals surface area contributed by atoms with E-state index >= 15 is 0 Å². The Morgan fingerprint density at radius 3 is 2.23 bits per heavy atom. The summed E-state index contributed by atoms with van der Waals surface area (Å²) in [5.41, 5.74) is 5.12. The van der Waals surface area contributed by atoms with Gasteiger partial charge in [-0.2, -0.15) is 23.4 Å². The number of nitrogens with zero attached hydrogens (tertiary/aromatic N) is 4. The first-order valence-electron chi connectivity index (χ1n) is 9.03. The fourth-order valence-corrected chi connectivity index (χ4v) is 2.81. The van der Waals surface area contributed by atoms with Gasteiger partial charge in [-0.25, -0.2) is 9.67 Å². The lowest BCUT2D eigenvalue weighted by Crippen LogP contribution is -2.05. The Morgan fingerprint density at radius 2 is 1.60 bits per heavy atom. The molecule has 4 aromatic rings. The number of alkyl halides is 3. The summed E-state index contributed by atoms with van der Waals surface area (Å²) in [6.45, 7) is 0. The summed E-state index contributed by atoms with van der Waals surface area (Å²) in [4.78, 5) is 3.74. The molecule has 0 amide bonds. The van der Waals surface area contributed by atoms with Crippen molar-refractivity contribution in [2.75, 3.05) is 5.43 Å². The second-order valence-corrected chi connectivity index (χ2v) is 6.38. The van der Waals surface area contributed by atoms with Crippen LogP contribution in [0.25, 0.3) is 16.9 Å². The zero-order valence-electron chi connectivity index (χ0n) is 15.6. The SMILES string of the molecule is FC(F)(F)c1ccc(N/N=C\c2cn(-c3ccccc3)nc2-c2ccccc2)nc1. The minimum absolute atomic E-state index is 0.205. The third-order valence-corrected chi connectivity index (χ3v) is 4.28. The summed E-state index contributed by atoms with van der Waals surface area (Å²) < 4.78 is 39.7. The Hall–Kier alpha value is -3.94. The molecule has 0 fully saturated rings. The first kappa shape index (κ1) is 19.4. The maximum Gasteiger partial charge on any atom is 0.417 e. The molecule has 0 bridgehead atoms. The van der Waals surface area contributed by atoms with Crippen molar-refractivity contribution in [1.82, 2.24) is 14.8 Å². The van der Waals surface area contributed by atoms with Crippen molar-refractivity contribution < 1.29 is 13.2 Å². The highest BCUT2D eigenvalue weighted by molar-refractivity contribution is 5.89. The summed E-state index contributed by atoms with van der Waals surface area (Å²) >= 11 is 0. The van der Waals surface area contributed by atoms with Crippen molar-refractivity contribution >= 4 is 12.0 Å². The number of rotatable bonds is 5. The Kier molecular flexibility index (Phi) is 5.30. The van der Waals surface area contributed by atoms with Crippen molar-refractivity contribution in [2.24, 2.45) is 5.10 Å². The minimum atomic E-state index is -4.43. The van der Waals surface area contributed by atoms with Crippen LogP contribution in [0.4, 0.5) is 19.0 Å². The Labute approximate surface area is 170 Å². The molecule has 30 heavy (non-hydrogen) atoms. The average Bonchev–Trinajstić information content (AvgIpc) is 3.19. The molecule has 0 radical (unpaired) electrons. The highest BCUT2D eigenvalue weighted by atomic mass is 19.4. The molecule has 4 rings (SSSR count). The van der Waals surface area contributed by atoms with Crippen molar-refractivity contribution in [3.63, 3.8) is 0 Å². The van der Waals surface area contributed by atoms with E-state index < -0.39 is 11.7 Å². The van der Waals surface area contributed by atoms with Crippen LogP contribution in [-0.4, -0.2) is 21.0 Å². The molecule has 2 aromatic carbocycles. The second-order valence-electron chi connectivity index (χ2n) is 6.38. The van der Waals surface area contributed by atoms with Crippen LogP contribution in [0, 0.1) is 0 Å². The first-order chi connectivity index (χ1) is 14.5. The summed E-state index contributed by atoms with van der Waals surface area (Å²) in [5.74, 6) is 0.205. The van der Waals surface area contributed by atoms with Crippen LogP contribution in [0.1, 0.15) is 11.1 Å². The molecule has 8 heteroatoms. The molecule has 0 aliphatic carbocycles. The molecule has 1 N–H and O–H groups in total. The fourth-order valence-electron chi connectivity index (χ4n) is 2.81. The lowest BCUT2D eigenvalue weighted by atomic mass is 10.1. The highest BCUT2D eigenvalue weighted by Crippen LogP contribution is 2.29. The summed E-state index contributed by atoms with van der Waals surface area (Å²) in [6, 6.07) is 21.5. The van der Waals surface area contributed by atoms with Crippen molar-refractivity contribution in [3.8, 4) is 16.9 Å². The number of para-hydroxylation sites is 1. The van der Waals surface area contributed by atoms with E-state index in [4.69, 9.17) is 0 Å². The lowest BCUT2D eigenvalue weighted by molar-refractivity contribution is -0.137. The predicted octanol–water partition coefficient (Wildman–Crippen LogP) is 5.40. The Balaban J connectivity index is 1.60. The molecule has 2 heterocycles. The number of hydrogen-bond donors (Lipinski definition) is 1. The van der Waals surface area contributed by atoms with E-state index in [9.17, 15) is 13.2 Å². The van der Waals surface area contributed by atoms with E-state index in [1.54, 1.807) is 10.9 Å². The molecule has 0 aliphatic rings. The van der Waals surface area contributed by atoms with Gasteiger partial charge in [0, 0.05) is 23.5 Å². The number of anilines is 1. The maximum atomic E-state index is 12.6. The van der Waals surface area contributed by atoms with E-state index in [2.05, 4.69) is 20.6 Å². The van der Waals surface area contributed by atoms with E-state index in [0.29, 0.717) is 0 Å². The van der Waals surface area contributed by atoms with Gasteiger partial charge < -0.3 is 0 Å². The van der Waals surface area contributed by atoms with Gasteiger partial charge in [0.05, 0.1) is 17.5 Å². The van der Waals surface area contributed by atoms with Crippen LogP contribution in [-0.2, 0) is 6.18 Å². The Morgan fingerprint density at radius 1 is 0.900 bits per heavy atom. The normalized spacial score (nSPS) is 11.7. The van der Waals surface area contributed by atoms with Gasteiger partial charge in [0.25, 0.3) is 0 Å². The topological polar surface area (TPSA) is 55.1 Å². The van der Waals surface area contributed by atoms with Crippen molar-refractivity contribution in [1.29, 1.82) is 0 Å². The number of aromatic nitrogens is 3. The Bertz CT molecular complexity index is 1140. The molecule has 2 aromatic heterocycles. The molecule has 0 aliphatic heterocycles. The standard InChI is InChI=1S/C22H16F3N5/c23-22(24,25)18-11-12-20(26-14-18)28-27-13-17-15-30(19-9-5-2-6-10-19)29-21(17)16-7-3-1-4-8-16/h1-15H,(H,26,28)/b27-13-. The molecule has 0 atom stereocenters. The van der Waals surface area contributed by atoms with Gasteiger partial charge in [-0.1, -0.05) is 48.5 Å². The van der Waals surface area contributed by atoms with Crippen LogP contribution in [0.2, 0.25) is 0 Å². The molecule has 0 saturated carbocycles. The van der Waals surface area contributed by atoms with Crippen LogP contribution in [0.5, 0.6) is 0 Å². The van der Waals surface area contributed by atoms with Gasteiger partial charge in [-0.15, -0.1) is 0 Å².